The standard InChI is InChI=1S/C6H5IN2O2/c7-5-3-6(8-4-5)1-2-9(10)11/h1-4,8H. The summed E-state index contributed by atoms with van der Waals surface area (Å²) in [4.78, 5) is 12.3. The lowest BCUT2D eigenvalue weighted by Crippen LogP contribution is -1.81. The first-order valence-electron chi connectivity index (χ1n) is 2.84. The van der Waals surface area contributed by atoms with Crippen LogP contribution in [0.15, 0.2) is 18.5 Å². The number of aromatic nitrogens is 1. The van der Waals surface area contributed by atoms with Crippen molar-refractivity contribution in [1.82, 2.24) is 4.98 Å². The summed E-state index contributed by atoms with van der Waals surface area (Å²) >= 11 is 2.12. The van der Waals surface area contributed by atoms with E-state index in [4.69, 9.17) is 0 Å². The SMILES string of the molecule is O=[N+]([O-])C=Cc1cc(I)c[nH]1. The molecule has 0 radical (unpaired) electrons. The minimum Gasteiger partial charge on any atom is -0.360 e. The van der Waals surface area contributed by atoms with Crippen LogP contribution in [0.3, 0.4) is 0 Å². The number of halogens is 1. The fourth-order valence-electron chi connectivity index (χ4n) is 0.622. The van der Waals surface area contributed by atoms with Gasteiger partial charge in [-0.3, -0.25) is 10.1 Å². The van der Waals surface area contributed by atoms with E-state index in [-0.39, 0.29) is 0 Å². The monoisotopic (exact) mass is 264 g/mol. The molecular formula is C6H5IN2O2. The molecule has 1 aromatic heterocycles. The second kappa shape index (κ2) is 3.51. The lowest BCUT2D eigenvalue weighted by atomic mass is 10.4. The molecule has 4 nitrogen and oxygen atoms in total. The molecule has 0 aliphatic heterocycles. The average molecular weight is 264 g/mol. The molecule has 11 heavy (non-hydrogen) atoms. The quantitative estimate of drug-likeness (QED) is 0.503. The van der Waals surface area contributed by atoms with Crippen molar-refractivity contribution in [1.29, 1.82) is 0 Å². The smallest absolute Gasteiger partial charge is 0.236 e. The van der Waals surface area contributed by atoms with Gasteiger partial charge < -0.3 is 4.98 Å². The van der Waals surface area contributed by atoms with Crippen LogP contribution in [0.2, 0.25) is 0 Å². The second-order valence-electron chi connectivity index (χ2n) is 1.87. The number of nitrogens with zero attached hydrogens (tertiary/aromatic N) is 1. The molecule has 0 unspecified atom stereocenters. The Morgan fingerprint density at radius 2 is 2.45 bits per heavy atom. The summed E-state index contributed by atoms with van der Waals surface area (Å²) < 4.78 is 1.03. The number of nitro groups is 1. The Morgan fingerprint density at radius 1 is 1.73 bits per heavy atom. The average Bonchev–Trinajstić information content (AvgIpc) is 2.31. The van der Waals surface area contributed by atoms with E-state index in [0.29, 0.717) is 0 Å². The lowest BCUT2D eigenvalue weighted by molar-refractivity contribution is -0.401. The molecule has 0 saturated heterocycles. The van der Waals surface area contributed by atoms with Gasteiger partial charge in [-0.25, -0.2) is 0 Å². The van der Waals surface area contributed by atoms with Crippen LogP contribution in [0, 0.1) is 13.7 Å². The van der Waals surface area contributed by atoms with Crippen molar-refractivity contribution in [3.05, 3.63) is 37.8 Å². The van der Waals surface area contributed by atoms with Gasteiger partial charge in [0.2, 0.25) is 6.20 Å². The summed E-state index contributed by atoms with van der Waals surface area (Å²) in [7, 11) is 0. The van der Waals surface area contributed by atoms with Crippen molar-refractivity contribution in [2.45, 2.75) is 0 Å². The van der Waals surface area contributed by atoms with Crippen molar-refractivity contribution in [3.63, 3.8) is 0 Å². The first-order valence-corrected chi connectivity index (χ1v) is 3.92. The lowest BCUT2D eigenvalue weighted by Gasteiger charge is -1.79. The van der Waals surface area contributed by atoms with Gasteiger partial charge in [0.05, 0.1) is 4.92 Å². The molecule has 1 N–H and O–H groups in total. The molecule has 0 aromatic carbocycles. The van der Waals surface area contributed by atoms with Crippen molar-refractivity contribution in [3.8, 4) is 0 Å². The van der Waals surface area contributed by atoms with Gasteiger partial charge in [0, 0.05) is 21.5 Å². The van der Waals surface area contributed by atoms with E-state index in [1.165, 1.54) is 6.08 Å². The fourth-order valence-corrected chi connectivity index (χ4v) is 1.11. The van der Waals surface area contributed by atoms with Gasteiger partial charge >= 0.3 is 0 Å². The van der Waals surface area contributed by atoms with Gasteiger partial charge in [-0.2, -0.15) is 0 Å². The van der Waals surface area contributed by atoms with Crippen LogP contribution in [0.25, 0.3) is 6.08 Å². The van der Waals surface area contributed by atoms with Crippen LogP contribution in [-0.4, -0.2) is 9.91 Å². The predicted octanol–water partition coefficient (Wildman–Crippen LogP) is 1.87. The van der Waals surface area contributed by atoms with Gasteiger partial charge in [0.15, 0.2) is 0 Å². The predicted molar refractivity (Wildman–Crippen MR) is 49.5 cm³/mol. The van der Waals surface area contributed by atoms with E-state index in [2.05, 4.69) is 27.6 Å². The van der Waals surface area contributed by atoms with Gasteiger partial charge in [-0.1, -0.05) is 0 Å². The number of rotatable bonds is 2. The fraction of sp³-hybridized carbons (Fsp3) is 0. The van der Waals surface area contributed by atoms with Gasteiger partial charge in [0.1, 0.15) is 0 Å². The number of aromatic amines is 1. The Morgan fingerprint density at radius 3 is 2.91 bits per heavy atom. The Labute approximate surface area is 76.6 Å². The molecule has 0 aliphatic rings. The molecule has 0 atom stereocenters. The minimum atomic E-state index is -0.492. The summed E-state index contributed by atoms with van der Waals surface area (Å²) in [6.45, 7) is 0. The van der Waals surface area contributed by atoms with Crippen LogP contribution in [0.4, 0.5) is 0 Å². The van der Waals surface area contributed by atoms with Crippen molar-refractivity contribution >= 4 is 28.7 Å². The van der Waals surface area contributed by atoms with Crippen LogP contribution >= 0.6 is 22.6 Å². The molecule has 0 aliphatic carbocycles. The number of hydrogen-bond acceptors (Lipinski definition) is 2. The summed E-state index contributed by atoms with van der Waals surface area (Å²) in [6, 6.07) is 1.82. The number of nitrogens with one attached hydrogen (secondary N) is 1. The first kappa shape index (κ1) is 8.25. The molecule has 1 rings (SSSR count). The van der Waals surface area contributed by atoms with E-state index < -0.39 is 4.92 Å². The third-order valence-electron chi connectivity index (χ3n) is 1.05. The molecule has 0 bridgehead atoms. The highest BCUT2D eigenvalue weighted by Gasteiger charge is 1.92. The molecule has 0 saturated carbocycles. The molecule has 0 amide bonds. The molecule has 1 heterocycles. The van der Waals surface area contributed by atoms with Crippen molar-refractivity contribution in [2.24, 2.45) is 0 Å². The zero-order valence-corrected chi connectivity index (χ0v) is 7.61. The Balaban J connectivity index is 2.71. The highest BCUT2D eigenvalue weighted by molar-refractivity contribution is 14.1. The highest BCUT2D eigenvalue weighted by Crippen LogP contribution is 2.07. The molecule has 58 valence electrons. The van der Waals surface area contributed by atoms with Crippen molar-refractivity contribution < 1.29 is 4.92 Å². The Bertz CT molecular complexity index is 293. The van der Waals surface area contributed by atoms with Crippen molar-refractivity contribution in [2.75, 3.05) is 0 Å². The van der Waals surface area contributed by atoms with E-state index in [1.54, 1.807) is 6.20 Å². The maximum atomic E-state index is 9.88. The third-order valence-corrected chi connectivity index (χ3v) is 1.67. The summed E-state index contributed by atoms with van der Waals surface area (Å²) in [5.41, 5.74) is 0.742. The number of H-pyrrole nitrogens is 1. The normalized spacial score (nSPS) is 10.6. The maximum absolute atomic E-state index is 9.88. The largest absolute Gasteiger partial charge is 0.360 e. The zero-order chi connectivity index (χ0) is 8.27. The molecule has 1 aromatic rings. The maximum Gasteiger partial charge on any atom is 0.236 e. The molecule has 5 heteroatoms. The molecule has 0 fully saturated rings. The minimum absolute atomic E-state index is 0.492. The van der Waals surface area contributed by atoms with Crippen LogP contribution in [0.1, 0.15) is 5.69 Å². The topological polar surface area (TPSA) is 58.9 Å². The highest BCUT2D eigenvalue weighted by atomic mass is 127. The van der Waals surface area contributed by atoms with E-state index in [9.17, 15) is 10.1 Å². The summed E-state index contributed by atoms with van der Waals surface area (Å²) in [6.07, 6.45) is 4.10. The number of hydrogen-bond donors (Lipinski definition) is 1. The third kappa shape index (κ3) is 2.71. The summed E-state index contributed by atoms with van der Waals surface area (Å²) in [5.74, 6) is 0. The van der Waals surface area contributed by atoms with Gasteiger partial charge in [-0.15, -0.1) is 0 Å². The van der Waals surface area contributed by atoms with E-state index in [0.717, 1.165) is 15.5 Å². The second-order valence-corrected chi connectivity index (χ2v) is 3.12. The Kier molecular flexibility index (Phi) is 2.64. The van der Waals surface area contributed by atoms with Crippen LogP contribution in [0.5, 0.6) is 0 Å². The zero-order valence-electron chi connectivity index (χ0n) is 5.45. The van der Waals surface area contributed by atoms with Crippen LogP contribution < -0.4 is 0 Å². The van der Waals surface area contributed by atoms with Gasteiger partial charge in [-0.05, 0) is 28.7 Å². The van der Waals surface area contributed by atoms with Crippen LogP contribution in [-0.2, 0) is 0 Å². The Hall–Kier alpha value is -0.850. The van der Waals surface area contributed by atoms with E-state index in [1.807, 2.05) is 6.07 Å². The van der Waals surface area contributed by atoms with Gasteiger partial charge in [0.25, 0.3) is 0 Å². The van der Waals surface area contributed by atoms with E-state index >= 15 is 0 Å². The molecule has 0 spiro atoms. The molecular weight excluding hydrogens is 259 g/mol. The summed E-state index contributed by atoms with van der Waals surface area (Å²) in [5, 5.41) is 9.88. The first-order chi connectivity index (χ1) is 5.18.